The van der Waals surface area contributed by atoms with Crippen LogP contribution in [0.4, 0.5) is 5.82 Å². The normalized spacial score (nSPS) is 10.9. The van der Waals surface area contributed by atoms with Crippen LogP contribution in [0.2, 0.25) is 0 Å². The maximum atomic E-state index is 5.56. The van der Waals surface area contributed by atoms with Gasteiger partial charge in [-0.2, -0.15) is 5.10 Å². The molecule has 0 radical (unpaired) electrons. The van der Waals surface area contributed by atoms with Crippen LogP contribution in [0.1, 0.15) is 0 Å². The lowest BCUT2D eigenvalue weighted by Crippen LogP contribution is -1.97. The molecule has 0 aliphatic carbocycles. The number of benzene rings is 1. The highest BCUT2D eigenvalue weighted by Crippen LogP contribution is 2.18. The van der Waals surface area contributed by atoms with Crippen LogP contribution in [0.3, 0.4) is 0 Å². The number of nitrogens with one attached hydrogen (secondary N) is 1. The van der Waals surface area contributed by atoms with Crippen LogP contribution in [0.5, 0.6) is 0 Å². The fourth-order valence-electron chi connectivity index (χ4n) is 1.58. The SMILES string of the molecule is Nc1ccn(-c2n[nH]c3ccccc23)n1. The number of anilines is 1. The van der Waals surface area contributed by atoms with Gasteiger partial charge in [0.25, 0.3) is 0 Å². The molecule has 2 aromatic heterocycles. The summed E-state index contributed by atoms with van der Waals surface area (Å²) in [7, 11) is 0. The van der Waals surface area contributed by atoms with E-state index in [0.717, 1.165) is 16.7 Å². The van der Waals surface area contributed by atoms with Crippen molar-refractivity contribution in [1.29, 1.82) is 0 Å². The summed E-state index contributed by atoms with van der Waals surface area (Å²) >= 11 is 0. The van der Waals surface area contributed by atoms with Crippen LogP contribution >= 0.6 is 0 Å². The van der Waals surface area contributed by atoms with Gasteiger partial charge in [0.05, 0.1) is 5.52 Å². The molecule has 0 aliphatic rings. The second-order valence-corrected chi connectivity index (χ2v) is 3.28. The number of hydrogen-bond acceptors (Lipinski definition) is 3. The third kappa shape index (κ3) is 1.17. The molecular formula is C10H9N5. The van der Waals surface area contributed by atoms with E-state index in [0.29, 0.717) is 5.82 Å². The number of nitrogens with two attached hydrogens (primary N) is 1. The Morgan fingerprint density at radius 3 is 2.87 bits per heavy atom. The number of H-pyrrole nitrogens is 1. The molecule has 3 N–H and O–H groups in total. The molecule has 15 heavy (non-hydrogen) atoms. The van der Waals surface area contributed by atoms with E-state index in [1.807, 2.05) is 24.3 Å². The minimum Gasteiger partial charge on any atom is -0.382 e. The van der Waals surface area contributed by atoms with Crippen molar-refractivity contribution in [2.24, 2.45) is 0 Å². The molecule has 3 rings (SSSR count). The molecule has 5 nitrogen and oxygen atoms in total. The summed E-state index contributed by atoms with van der Waals surface area (Å²) in [4.78, 5) is 0. The maximum Gasteiger partial charge on any atom is 0.182 e. The molecule has 0 aliphatic heterocycles. The second kappa shape index (κ2) is 2.84. The Bertz CT molecular complexity index is 607. The molecule has 0 saturated carbocycles. The average molecular weight is 199 g/mol. The van der Waals surface area contributed by atoms with E-state index in [9.17, 15) is 0 Å². The molecule has 0 fully saturated rings. The Kier molecular flexibility index (Phi) is 1.53. The van der Waals surface area contributed by atoms with Gasteiger partial charge in [0.1, 0.15) is 5.82 Å². The van der Waals surface area contributed by atoms with E-state index in [2.05, 4.69) is 15.3 Å². The molecule has 0 bridgehead atoms. The second-order valence-electron chi connectivity index (χ2n) is 3.28. The third-order valence-corrected chi connectivity index (χ3v) is 2.28. The summed E-state index contributed by atoms with van der Waals surface area (Å²) in [6.07, 6.45) is 1.79. The molecule has 0 atom stereocenters. The fourth-order valence-corrected chi connectivity index (χ4v) is 1.58. The zero-order chi connectivity index (χ0) is 10.3. The summed E-state index contributed by atoms with van der Waals surface area (Å²) in [5, 5.41) is 12.3. The lowest BCUT2D eigenvalue weighted by molar-refractivity contribution is 0.846. The zero-order valence-electron chi connectivity index (χ0n) is 7.88. The van der Waals surface area contributed by atoms with Gasteiger partial charge >= 0.3 is 0 Å². The number of nitrogens with zero attached hydrogens (tertiary/aromatic N) is 3. The summed E-state index contributed by atoms with van der Waals surface area (Å²) in [5.74, 6) is 1.25. The van der Waals surface area contributed by atoms with Gasteiger partial charge in [-0.15, -0.1) is 5.10 Å². The molecule has 74 valence electrons. The van der Waals surface area contributed by atoms with E-state index >= 15 is 0 Å². The van der Waals surface area contributed by atoms with Gasteiger partial charge in [-0.05, 0) is 12.1 Å². The monoisotopic (exact) mass is 199 g/mol. The molecule has 3 aromatic rings. The first-order valence-corrected chi connectivity index (χ1v) is 4.59. The van der Waals surface area contributed by atoms with Crippen molar-refractivity contribution < 1.29 is 0 Å². The standard InChI is InChI=1S/C10H9N5/c11-9-5-6-15(14-9)10-7-3-1-2-4-8(7)12-13-10/h1-6H,(H2,11,14)(H,12,13). The molecule has 0 amide bonds. The number of fused-ring (bicyclic) bond motifs is 1. The van der Waals surface area contributed by atoms with Gasteiger partial charge in [0.2, 0.25) is 0 Å². The molecule has 2 heterocycles. The van der Waals surface area contributed by atoms with Gasteiger partial charge in [0.15, 0.2) is 5.82 Å². The summed E-state index contributed by atoms with van der Waals surface area (Å²) < 4.78 is 1.66. The largest absolute Gasteiger partial charge is 0.382 e. The van der Waals surface area contributed by atoms with E-state index in [1.54, 1.807) is 16.9 Å². The highest BCUT2D eigenvalue weighted by Gasteiger charge is 2.07. The van der Waals surface area contributed by atoms with Crippen molar-refractivity contribution in [2.75, 3.05) is 5.73 Å². The maximum absolute atomic E-state index is 5.56. The predicted molar refractivity (Wildman–Crippen MR) is 57.6 cm³/mol. The van der Waals surface area contributed by atoms with E-state index in [4.69, 9.17) is 5.73 Å². The Morgan fingerprint density at radius 2 is 2.07 bits per heavy atom. The Hall–Kier alpha value is -2.30. The van der Waals surface area contributed by atoms with Gasteiger partial charge in [-0.1, -0.05) is 12.1 Å². The summed E-state index contributed by atoms with van der Waals surface area (Å²) in [5.41, 5.74) is 6.55. The molecule has 0 unspecified atom stereocenters. The van der Waals surface area contributed by atoms with Crippen LogP contribution in [-0.4, -0.2) is 20.0 Å². The number of rotatable bonds is 1. The first-order chi connectivity index (χ1) is 7.34. The molecule has 0 spiro atoms. The molecule has 1 aromatic carbocycles. The first kappa shape index (κ1) is 8.05. The minimum absolute atomic E-state index is 0.488. The van der Waals surface area contributed by atoms with Gasteiger partial charge in [0, 0.05) is 17.6 Å². The van der Waals surface area contributed by atoms with Crippen molar-refractivity contribution in [1.82, 2.24) is 20.0 Å². The summed E-state index contributed by atoms with van der Waals surface area (Å²) in [6, 6.07) is 9.63. The summed E-state index contributed by atoms with van der Waals surface area (Å²) in [6.45, 7) is 0. The van der Waals surface area contributed by atoms with Crippen molar-refractivity contribution in [3.05, 3.63) is 36.5 Å². The van der Waals surface area contributed by atoms with E-state index < -0.39 is 0 Å². The van der Waals surface area contributed by atoms with Crippen molar-refractivity contribution in [3.8, 4) is 5.82 Å². The number of para-hydroxylation sites is 1. The number of hydrogen-bond donors (Lipinski definition) is 2. The van der Waals surface area contributed by atoms with Crippen LogP contribution in [-0.2, 0) is 0 Å². The minimum atomic E-state index is 0.488. The number of nitrogen functional groups attached to an aromatic ring is 1. The van der Waals surface area contributed by atoms with Crippen molar-refractivity contribution >= 4 is 16.7 Å². The lowest BCUT2D eigenvalue weighted by atomic mass is 10.2. The first-order valence-electron chi connectivity index (χ1n) is 4.59. The van der Waals surface area contributed by atoms with Crippen LogP contribution in [0.15, 0.2) is 36.5 Å². The Morgan fingerprint density at radius 1 is 1.20 bits per heavy atom. The fraction of sp³-hybridized carbons (Fsp3) is 0. The van der Waals surface area contributed by atoms with Crippen LogP contribution < -0.4 is 5.73 Å². The van der Waals surface area contributed by atoms with E-state index in [-0.39, 0.29) is 0 Å². The predicted octanol–water partition coefficient (Wildman–Crippen LogP) is 1.33. The van der Waals surface area contributed by atoms with E-state index in [1.165, 1.54) is 0 Å². The Labute approximate surface area is 85.5 Å². The molecule has 0 saturated heterocycles. The topological polar surface area (TPSA) is 72.5 Å². The highest BCUT2D eigenvalue weighted by molar-refractivity contribution is 5.85. The third-order valence-electron chi connectivity index (χ3n) is 2.28. The van der Waals surface area contributed by atoms with Crippen molar-refractivity contribution in [2.45, 2.75) is 0 Å². The average Bonchev–Trinajstić information content (AvgIpc) is 2.83. The quantitative estimate of drug-likeness (QED) is 0.621. The van der Waals surface area contributed by atoms with Crippen LogP contribution in [0.25, 0.3) is 16.7 Å². The smallest absolute Gasteiger partial charge is 0.182 e. The zero-order valence-corrected chi connectivity index (χ0v) is 7.88. The lowest BCUT2D eigenvalue weighted by Gasteiger charge is -1.95. The van der Waals surface area contributed by atoms with Crippen molar-refractivity contribution in [3.63, 3.8) is 0 Å². The Balaban J connectivity index is 2.27. The number of aromatic amines is 1. The highest BCUT2D eigenvalue weighted by atomic mass is 15.4. The molecular weight excluding hydrogens is 190 g/mol. The van der Waals surface area contributed by atoms with Crippen LogP contribution in [0, 0.1) is 0 Å². The van der Waals surface area contributed by atoms with Gasteiger partial charge in [-0.3, -0.25) is 5.10 Å². The van der Waals surface area contributed by atoms with Gasteiger partial charge in [-0.25, -0.2) is 4.68 Å². The van der Waals surface area contributed by atoms with Gasteiger partial charge < -0.3 is 5.73 Å². The number of aromatic nitrogens is 4. The molecule has 5 heteroatoms.